The highest BCUT2D eigenvalue weighted by Gasteiger charge is 2.35. The van der Waals surface area contributed by atoms with E-state index >= 15 is 0 Å². The maximum absolute atomic E-state index is 6.80. The highest BCUT2D eigenvalue weighted by atomic mass is 16.3. The standard InChI is InChI=1S/C57H39N3O/c1-57(2)50-21-10-8-17-44(50)45-34-32-42(35-51(45)57)60(40-28-23-37(24-29-40)36-13-4-3-5-14-36)41-30-25-39(26-31-41)56-58-52-22-11-9-18-48(52)53(59-56)49-20-12-19-46-47-33-27-38-15-6-7-16-43(38)54(47)61-55(46)49/h3-35H,1-2H3. The summed E-state index contributed by atoms with van der Waals surface area (Å²) >= 11 is 0. The van der Waals surface area contributed by atoms with Crippen LogP contribution in [-0.2, 0) is 5.41 Å². The monoisotopic (exact) mass is 781 g/mol. The van der Waals surface area contributed by atoms with E-state index in [1.165, 1.54) is 33.4 Å². The van der Waals surface area contributed by atoms with Gasteiger partial charge in [-0.05, 0) is 105 Å². The third-order valence-corrected chi connectivity index (χ3v) is 12.7. The molecule has 0 saturated heterocycles. The molecular formula is C57H39N3O. The third-order valence-electron chi connectivity index (χ3n) is 12.7. The first-order chi connectivity index (χ1) is 30.0. The molecule has 2 heterocycles. The van der Waals surface area contributed by atoms with E-state index < -0.39 is 0 Å². The molecule has 1 aliphatic rings. The fourth-order valence-corrected chi connectivity index (χ4v) is 9.60. The van der Waals surface area contributed by atoms with Crippen LogP contribution in [0.1, 0.15) is 25.0 Å². The van der Waals surface area contributed by atoms with E-state index in [0.717, 1.165) is 77.5 Å². The van der Waals surface area contributed by atoms with Gasteiger partial charge in [-0.3, -0.25) is 0 Å². The summed E-state index contributed by atoms with van der Waals surface area (Å²) in [5.41, 5.74) is 16.1. The molecule has 0 N–H and O–H groups in total. The third kappa shape index (κ3) is 5.60. The first-order valence-corrected chi connectivity index (χ1v) is 20.9. The molecule has 0 radical (unpaired) electrons. The number of nitrogens with zero attached hydrogens (tertiary/aromatic N) is 3. The van der Waals surface area contributed by atoms with Crippen molar-refractivity contribution < 1.29 is 4.42 Å². The molecule has 4 nitrogen and oxygen atoms in total. The molecule has 0 aliphatic heterocycles. The van der Waals surface area contributed by atoms with Crippen molar-refractivity contribution in [1.82, 2.24) is 9.97 Å². The molecule has 1 aliphatic carbocycles. The van der Waals surface area contributed by atoms with Crippen LogP contribution in [0, 0.1) is 0 Å². The van der Waals surface area contributed by atoms with Crippen LogP contribution in [0.5, 0.6) is 0 Å². The van der Waals surface area contributed by atoms with Gasteiger partial charge in [0.15, 0.2) is 5.82 Å². The van der Waals surface area contributed by atoms with E-state index in [9.17, 15) is 0 Å². The Kier molecular flexibility index (Phi) is 7.85. The Morgan fingerprint density at radius 1 is 0.410 bits per heavy atom. The number of para-hydroxylation sites is 2. The van der Waals surface area contributed by atoms with Crippen molar-refractivity contribution in [2.45, 2.75) is 19.3 Å². The molecule has 0 amide bonds. The molecular weight excluding hydrogens is 743 g/mol. The van der Waals surface area contributed by atoms with Gasteiger partial charge < -0.3 is 9.32 Å². The first kappa shape index (κ1) is 35.2. The van der Waals surface area contributed by atoms with Crippen LogP contribution < -0.4 is 4.90 Å². The van der Waals surface area contributed by atoms with Crippen LogP contribution >= 0.6 is 0 Å². The second-order valence-electron chi connectivity index (χ2n) is 16.6. The molecule has 0 unspecified atom stereocenters. The van der Waals surface area contributed by atoms with E-state index in [1.807, 2.05) is 6.07 Å². The van der Waals surface area contributed by atoms with Crippen molar-refractivity contribution in [3.05, 3.63) is 211 Å². The Bertz CT molecular complexity index is 3490. The van der Waals surface area contributed by atoms with E-state index in [2.05, 4.69) is 213 Å². The van der Waals surface area contributed by atoms with Crippen LogP contribution in [0.25, 0.3) is 88.5 Å². The van der Waals surface area contributed by atoms with Gasteiger partial charge in [0, 0.05) is 55.1 Å². The number of furan rings is 1. The van der Waals surface area contributed by atoms with Gasteiger partial charge in [0.1, 0.15) is 11.2 Å². The molecule has 0 bridgehead atoms. The Labute approximate surface area is 354 Å². The Morgan fingerprint density at radius 2 is 1.02 bits per heavy atom. The van der Waals surface area contributed by atoms with Crippen molar-refractivity contribution in [2.24, 2.45) is 0 Å². The van der Waals surface area contributed by atoms with Crippen molar-refractivity contribution in [1.29, 1.82) is 0 Å². The summed E-state index contributed by atoms with van der Waals surface area (Å²) in [4.78, 5) is 12.8. The molecule has 0 spiro atoms. The lowest BCUT2D eigenvalue weighted by Crippen LogP contribution is -2.16. The van der Waals surface area contributed by atoms with Crippen molar-refractivity contribution in [3.63, 3.8) is 0 Å². The zero-order valence-corrected chi connectivity index (χ0v) is 33.8. The number of aromatic nitrogens is 2. The number of anilines is 3. The number of hydrogen-bond acceptors (Lipinski definition) is 4. The quantitative estimate of drug-likeness (QED) is 0.168. The molecule has 0 saturated carbocycles. The number of hydrogen-bond donors (Lipinski definition) is 0. The minimum atomic E-state index is -0.125. The van der Waals surface area contributed by atoms with E-state index in [4.69, 9.17) is 14.4 Å². The zero-order valence-electron chi connectivity index (χ0n) is 33.8. The number of fused-ring (bicyclic) bond motifs is 9. The highest BCUT2D eigenvalue weighted by molar-refractivity contribution is 6.18. The second-order valence-corrected chi connectivity index (χ2v) is 16.6. The summed E-state index contributed by atoms with van der Waals surface area (Å²) in [5.74, 6) is 0.662. The molecule has 0 fully saturated rings. The average Bonchev–Trinajstić information content (AvgIpc) is 3.82. The Balaban J connectivity index is 0.980. The highest BCUT2D eigenvalue weighted by Crippen LogP contribution is 2.51. The second kappa shape index (κ2) is 13.6. The summed E-state index contributed by atoms with van der Waals surface area (Å²) in [6, 6.07) is 71.2. The Hall–Kier alpha value is -7.82. The van der Waals surface area contributed by atoms with Gasteiger partial charge in [0.25, 0.3) is 0 Å². The molecule has 9 aromatic carbocycles. The van der Waals surface area contributed by atoms with Gasteiger partial charge >= 0.3 is 0 Å². The summed E-state index contributed by atoms with van der Waals surface area (Å²) < 4.78 is 6.80. The van der Waals surface area contributed by atoms with Crippen molar-refractivity contribution >= 4 is 60.7 Å². The Morgan fingerprint density at radius 3 is 1.84 bits per heavy atom. The zero-order chi connectivity index (χ0) is 40.7. The summed E-state index contributed by atoms with van der Waals surface area (Å²) in [6.45, 7) is 4.67. The predicted molar refractivity (Wildman–Crippen MR) is 253 cm³/mol. The molecule has 61 heavy (non-hydrogen) atoms. The van der Waals surface area contributed by atoms with Crippen LogP contribution in [0.2, 0.25) is 0 Å². The maximum Gasteiger partial charge on any atom is 0.160 e. The fraction of sp³-hybridized carbons (Fsp3) is 0.0526. The SMILES string of the molecule is CC1(C)c2ccccc2-c2ccc(N(c3ccc(-c4ccccc4)cc3)c3ccc(-c4nc(-c5cccc6c5oc5c7ccccc7ccc65)c5ccccc5n4)cc3)cc21. The summed E-state index contributed by atoms with van der Waals surface area (Å²) in [7, 11) is 0. The van der Waals surface area contributed by atoms with Gasteiger partial charge in [-0.2, -0.15) is 0 Å². The lowest BCUT2D eigenvalue weighted by molar-refractivity contribution is 0.660. The van der Waals surface area contributed by atoms with Crippen LogP contribution in [0.4, 0.5) is 17.1 Å². The van der Waals surface area contributed by atoms with Gasteiger partial charge in [0.2, 0.25) is 0 Å². The van der Waals surface area contributed by atoms with Crippen molar-refractivity contribution in [3.8, 4) is 44.9 Å². The van der Waals surface area contributed by atoms with Gasteiger partial charge in [-0.1, -0.05) is 147 Å². The molecule has 288 valence electrons. The predicted octanol–water partition coefficient (Wildman–Crippen LogP) is 15.5. The van der Waals surface area contributed by atoms with E-state index in [0.29, 0.717) is 5.82 Å². The average molecular weight is 782 g/mol. The van der Waals surface area contributed by atoms with E-state index in [-0.39, 0.29) is 5.41 Å². The van der Waals surface area contributed by atoms with E-state index in [1.54, 1.807) is 0 Å². The molecule has 12 rings (SSSR count). The van der Waals surface area contributed by atoms with Gasteiger partial charge in [-0.25, -0.2) is 9.97 Å². The lowest BCUT2D eigenvalue weighted by atomic mass is 9.82. The molecule has 0 atom stereocenters. The molecule has 4 heteroatoms. The fourth-order valence-electron chi connectivity index (χ4n) is 9.60. The number of rotatable bonds is 6. The first-order valence-electron chi connectivity index (χ1n) is 20.9. The van der Waals surface area contributed by atoms with Crippen LogP contribution in [0.15, 0.2) is 205 Å². The topological polar surface area (TPSA) is 42.2 Å². The molecule has 2 aromatic heterocycles. The summed E-state index contributed by atoms with van der Waals surface area (Å²) in [6.07, 6.45) is 0. The summed E-state index contributed by atoms with van der Waals surface area (Å²) in [5, 5.41) is 5.41. The smallest absolute Gasteiger partial charge is 0.160 e. The van der Waals surface area contributed by atoms with Crippen LogP contribution in [-0.4, -0.2) is 9.97 Å². The number of benzene rings is 9. The molecule has 11 aromatic rings. The largest absolute Gasteiger partial charge is 0.455 e. The van der Waals surface area contributed by atoms with Crippen molar-refractivity contribution in [2.75, 3.05) is 4.90 Å². The van der Waals surface area contributed by atoms with Gasteiger partial charge in [-0.15, -0.1) is 0 Å². The van der Waals surface area contributed by atoms with Gasteiger partial charge in [0.05, 0.1) is 11.2 Å². The van der Waals surface area contributed by atoms with Crippen LogP contribution in [0.3, 0.4) is 0 Å². The minimum absolute atomic E-state index is 0.125. The maximum atomic E-state index is 6.80. The lowest BCUT2D eigenvalue weighted by Gasteiger charge is -2.28. The minimum Gasteiger partial charge on any atom is -0.455 e. The normalized spacial score (nSPS) is 12.9.